The number of hydrogen-bond acceptors (Lipinski definition) is 2. The molecule has 2 aliphatic rings. The van der Waals surface area contributed by atoms with Crippen LogP contribution in [-0.4, -0.2) is 24.4 Å². The Morgan fingerprint density at radius 1 is 1.60 bits per heavy atom. The van der Waals surface area contributed by atoms with Gasteiger partial charge >= 0.3 is 0 Å². The molecule has 0 aromatic heterocycles. The Morgan fingerprint density at radius 3 is 3.00 bits per heavy atom. The molecule has 1 unspecified atom stereocenters. The van der Waals surface area contributed by atoms with E-state index in [4.69, 9.17) is 0 Å². The monoisotopic (exact) mass is 211 g/mol. The van der Waals surface area contributed by atoms with E-state index in [0.717, 1.165) is 19.4 Å². The lowest BCUT2D eigenvalue weighted by atomic mass is 9.68. The van der Waals surface area contributed by atoms with Crippen LogP contribution in [0.2, 0.25) is 0 Å². The number of aliphatic hydroxyl groups excluding tert-OH is 1. The smallest absolute Gasteiger partial charge is 0.116 e. The number of alkyl halides is 1. The summed E-state index contributed by atoms with van der Waals surface area (Å²) in [7, 11) is 0. The number of halogens is 1. The van der Waals surface area contributed by atoms with Gasteiger partial charge in [-0.15, -0.1) is 0 Å². The van der Waals surface area contributed by atoms with Gasteiger partial charge in [0.15, 0.2) is 0 Å². The van der Waals surface area contributed by atoms with E-state index in [1.807, 2.05) is 6.08 Å². The molecule has 2 rings (SSSR count). The van der Waals surface area contributed by atoms with Crippen molar-refractivity contribution >= 4 is 0 Å². The second-order valence-corrected chi connectivity index (χ2v) is 4.79. The van der Waals surface area contributed by atoms with Gasteiger partial charge in [-0.2, -0.15) is 0 Å². The minimum atomic E-state index is -0.776. The molecule has 15 heavy (non-hydrogen) atoms. The van der Waals surface area contributed by atoms with E-state index in [0.29, 0.717) is 12.3 Å². The van der Waals surface area contributed by atoms with Crippen molar-refractivity contribution in [1.29, 1.82) is 0 Å². The molecule has 1 aliphatic carbocycles. The second kappa shape index (κ2) is 3.97. The summed E-state index contributed by atoms with van der Waals surface area (Å²) >= 11 is 0. The van der Waals surface area contributed by atoms with Crippen molar-refractivity contribution in [3.05, 3.63) is 24.0 Å². The highest BCUT2D eigenvalue weighted by Crippen LogP contribution is 2.41. The van der Waals surface area contributed by atoms with Crippen molar-refractivity contribution in [3.63, 3.8) is 0 Å². The molecule has 0 aromatic carbocycles. The van der Waals surface area contributed by atoms with Gasteiger partial charge in [0, 0.05) is 12.5 Å². The first-order valence-corrected chi connectivity index (χ1v) is 5.55. The predicted octanol–water partition coefficient (Wildman–Crippen LogP) is 2.34. The molecule has 3 atom stereocenters. The number of allylic oxidation sites excluding steroid dienone is 3. The molecule has 0 bridgehead atoms. The molecule has 0 spiro atoms. The molecular formula is C12H18FNO. The Hall–Kier alpha value is -0.830. The minimum absolute atomic E-state index is 0.0688. The summed E-state index contributed by atoms with van der Waals surface area (Å²) < 4.78 is 13.8. The molecular weight excluding hydrogens is 193 g/mol. The van der Waals surface area contributed by atoms with Gasteiger partial charge in [0.05, 0.1) is 0 Å². The first kappa shape index (κ1) is 10.7. The zero-order chi connectivity index (χ0) is 10.9. The Morgan fingerprint density at radius 2 is 2.40 bits per heavy atom. The lowest BCUT2D eigenvalue weighted by Gasteiger charge is -2.40. The highest BCUT2D eigenvalue weighted by atomic mass is 19.1. The van der Waals surface area contributed by atoms with Gasteiger partial charge in [-0.1, -0.05) is 13.0 Å². The first-order valence-electron chi connectivity index (χ1n) is 5.55. The number of nitrogens with one attached hydrogen (secondary N) is 1. The summed E-state index contributed by atoms with van der Waals surface area (Å²) in [4.78, 5) is 0. The van der Waals surface area contributed by atoms with Crippen LogP contribution in [0.1, 0.15) is 19.8 Å². The fourth-order valence-corrected chi connectivity index (χ4v) is 2.57. The van der Waals surface area contributed by atoms with Gasteiger partial charge < -0.3 is 10.4 Å². The summed E-state index contributed by atoms with van der Waals surface area (Å²) in [6, 6.07) is 0. The fraction of sp³-hybridized carbons (Fsp3) is 0.667. The van der Waals surface area contributed by atoms with Gasteiger partial charge in [0.25, 0.3) is 0 Å². The van der Waals surface area contributed by atoms with Crippen molar-refractivity contribution in [2.24, 2.45) is 11.3 Å². The Bertz CT molecular complexity index is 300. The summed E-state index contributed by atoms with van der Waals surface area (Å²) in [5.41, 5.74) is -0.131. The summed E-state index contributed by atoms with van der Waals surface area (Å²) in [5.74, 6) is 0.371. The third-order valence-electron chi connectivity index (χ3n) is 3.64. The maximum atomic E-state index is 13.8. The molecule has 1 aliphatic heterocycles. The van der Waals surface area contributed by atoms with Crippen molar-refractivity contribution in [1.82, 2.24) is 5.32 Å². The second-order valence-electron chi connectivity index (χ2n) is 4.79. The zero-order valence-electron chi connectivity index (χ0n) is 9.04. The predicted molar refractivity (Wildman–Crippen MR) is 58.4 cm³/mol. The number of aliphatic hydroxyl groups is 1. The van der Waals surface area contributed by atoms with Crippen molar-refractivity contribution in [3.8, 4) is 0 Å². The zero-order valence-corrected chi connectivity index (χ0v) is 9.04. The molecule has 2 nitrogen and oxygen atoms in total. The standard InChI is InChI=1S/C12H18FNO/c1-12(5-2-9(15)3-6-12)10-4-7-14-8-11(10)13/h2-3,5,10-11,14-15H,4,6-8H2,1H3/t10-,11-,12?/m1/s1. The van der Waals surface area contributed by atoms with E-state index >= 15 is 0 Å². The maximum absolute atomic E-state index is 13.8. The summed E-state index contributed by atoms with van der Waals surface area (Å²) in [5, 5.41) is 12.3. The van der Waals surface area contributed by atoms with Crippen molar-refractivity contribution in [2.75, 3.05) is 13.1 Å². The quantitative estimate of drug-likeness (QED) is 0.697. The normalized spacial score (nSPS) is 41.3. The van der Waals surface area contributed by atoms with E-state index in [2.05, 4.69) is 12.2 Å². The topological polar surface area (TPSA) is 32.3 Å². The van der Waals surface area contributed by atoms with Gasteiger partial charge in [0.1, 0.15) is 11.9 Å². The third kappa shape index (κ3) is 2.07. The minimum Gasteiger partial charge on any atom is -0.508 e. The Labute approximate surface area is 89.9 Å². The molecule has 1 heterocycles. The van der Waals surface area contributed by atoms with E-state index in [-0.39, 0.29) is 11.3 Å². The fourth-order valence-electron chi connectivity index (χ4n) is 2.57. The van der Waals surface area contributed by atoms with Crippen LogP contribution in [0.15, 0.2) is 24.0 Å². The van der Waals surface area contributed by atoms with Crippen LogP contribution in [0.25, 0.3) is 0 Å². The number of piperidine rings is 1. The number of hydrogen-bond donors (Lipinski definition) is 2. The first-order chi connectivity index (χ1) is 7.12. The van der Waals surface area contributed by atoms with E-state index in [1.54, 1.807) is 12.2 Å². The maximum Gasteiger partial charge on any atom is 0.116 e. The molecule has 1 fully saturated rings. The molecule has 0 radical (unpaired) electrons. The largest absolute Gasteiger partial charge is 0.508 e. The summed E-state index contributed by atoms with van der Waals surface area (Å²) in [6.07, 6.45) is 6.27. The van der Waals surface area contributed by atoms with E-state index < -0.39 is 6.17 Å². The molecule has 0 saturated carbocycles. The molecule has 3 heteroatoms. The van der Waals surface area contributed by atoms with Crippen molar-refractivity contribution in [2.45, 2.75) is 25.9 Å². The average Bonchev–Trinajstić information content (AvgIpc) is 2.23. The number of rotatable bonds is 1. The van der Waals surface area contributed by atoms with Crippen LogP contribution in [0.3, 0.4) is 0 Å². The average molecular weight is 211 g/mol. The van der Waals surface area contributed by atoms with Crippen LogP contribution in [0.5, 0.6) is 0 Å². The van der Waals surface area contributed by atoms with Gasteiger partial charge in [-0.25, -0.2) is 4.39 Å². The SMILES string of the molecule is CC1([C@@H]2CCNC[C@H]2F)C=CC(O)=CC1. The Kier molecular flexibility index (Phi) is 2.83. The van der Waals surface area contributed by atoms with Crippen LogP contribution >= 0.6 is 0 Å². The molecule has 1 saturated heterocycles. The third-order valence-corrected chi connectivity index (χ3v) is 3.64. The van der Waals surface area contributed by atoms with Gasteiger partial charge in [0.2, 0.25) is 0 Å². The van der Waals surface area contributed by atoms with Crippen LogP contribution in [0, 0.1) is 11.3 Å². The molecule has 2 N–H and O–H groups in total. The van der Waals surface area contributed by atoms with Crippen molar-refractivity contribution < 1.29 is 9.50 Å². The Balaban J connectivity index is 2.12. The van der Waals surface area contributed by atoms with Crippen LogP contribution in [-0.2, 0) is 0 Å². The van der Waals surface area contributed by atoms with E-state index in [9.17, 15) is 9.50 Å². The highest BCUT2D eigenvalue weighted by Gasteiger charge is 2.39. The van der Waals surface area contributed by atoms with E-state index in [1.165, 1.54) is 0 Å². The molecule has 84 valence electrons. The van der Waals surface area contributed by atoms with Gasteiger partial charge in [-0.05, 0) is 37.0 Å². The molecule has 0 aromatic rings. The lowest BCUT2D eigenvalue weighted by molar-refractivity contribution is 0.0903. The molecule has 0 amide bonds. The lowest BCUT2D eigenvalue weighted by Crippen LogP contribution is -2.45. The summed E-state index contributed by atoms with van der Waals surface area (Å²) in [6.45, 7) is 3.43. The van der Waals surface area contributed by atoms with Crippen LogP contribution < -0.4 is 5.32 Å². The van der Waals surface area contributed by atoms with Gasteiger partial charge in [-0.3, -0.25) is 0 Å². The highest BCUT2D eigenvalue weighted by molar-refractivity contribution is 5.22. The van der Waals surface area contributed by atoms with Crippen LogP contribution in [0.4, 0.5) is 4.39 Å².